The van der Waals surface area contributed by atoms with E-state index in [2.05, 4.69) is 15.2 Å². The molecule has 4 aromatic carbocycles. The topological polar surface area (TPSA) is 76.6 Å². The second kappa shape index (κ2) is 15.5. The van der Waals surface area contributed by atoms with Crippen LogP contribution in [0.3, 0.4) is 0 Å². The van der Waals surface area contributed by atoms with Gasteiger partial charge in [-0.2, -0.15) is 0 Å². The van der Waals surface area contributed by atoms with Crippen molar-refractivity contribution in [3.05, 3.63) is 142 Å². The molecule has 5 aromatic rings. The first-order valence-electron chi connectivity index (χ1n) is 14.5. The van der Waals surface area contributed by atoms with E-state index in [-0.39, 0.29) is 11.9 Å². The van der Waals surface area contributed by atoms with E-state index in [9.17, 15) is 4.79 Å². The van der Waals surface area contributed by atoms with Gasteiger partial charge in [-0.3, -0.25) is 4.79 Å². The van der Waals surface area contributed by atoms with Crippen LogP contribution in [0.25, 0.3) is 0 Å². The summed E-state index contributed by atoms with van der Waals surface area (Å²) in [5.74, 6) is 2.58. The van der Waals surface area contributed by atoms with E-state index in [1.165, 1.54) is 11.8 Å². The van der Waals surface area contributed by atoms with E-state index in [1.807, 2.05) is 110 Å². The van der Waals surface area contributed by atoms with E-state index in [4.69, 9.17) is 26.1 Å². The van der Waals surface area contributed by atoms with E-state index in [0.717, 1.165) is 41.0 Å². The Labute approximate surface area is 273 Å². The molecular weight excluding hydrogens is 604 g/mol. The SMILES string of the molecule is COc1ccc(CCN(C)c2cc(Cl)nc(SCc3cccc(C(=O)NC(c4ccccc4)c4ccccc4)c3)n2)cc1OC. The standard InChI is InChI=1S/C36H35ClN4O3S/c1-41(20-19-25-17-18-30(43-2)31(22-25)44-3)33-23-32(37)38-36(39-33)45-24-26-11-10-16-29(21-26)35(42)40-34(27-12-6-4-7-13-27)28-14-8-5-9-15-28/h4-18,21-23,34H,19-20,24H2,1-3H3,(H,40,42). The molecule has 0 saturated carbocycles. The molecular formula is C36H35ClN4O3S. The van der Waals surface area contributed by atoms with Crippen LogP contribution in [-0.4, -0.2) is 43.7 Å². The van der Waals surface area contributed by atoms with Gasteiger partial charge < -0.3 is 19.7 Å². The van der Waals surface area contributed by atoms with Crippen molar-refractivity contribution in [3.8, 4) is 11.5 Å². The maximum Gasteiger partial charge on any atom is 0.252 e. The first kappa shape index (κ1) is 31.9. The van der Waals surface area contributed by atoms with E-state index >= 15 is 0 Å². The lowest BCUT2D eigenvalue weighted by atomic mass is 9.98. The number of thioether (sulfide) groups is 1. The van der Waals surface area contributed by atoms with Crippen LogP contribution in [0.15, 0.2) is 114 Å². The van der Waals surface area contributed by atoms with Gasteiger partial charge in [0.05, 0.1) is 20.3 Å². The molecule has 0 spiro atoms. The van der Waals surface area contributed by atoms with Gasteiger partial charge in [0.25, 0.3) is 5.91 Å². The highest BCUT2D eigenvalue weighted by Gasteiger charge is 2.18. The summed E-state index contributed by atoms with van der Waals surface area (Å²) in [7, 11) is 5.24. The molecule has 1 amide bonds. The fraction of sp³-hybridized carbons (Fsp3) is 0.194. The number of ether oxygens (including phenoxy) is 2. The maximum atomic E-state index is 13.4. The van der Waals surface area contributed by atoms with Gasteiger partial charge in [-0.25, -0.2) is 9.97 Å². The number of hydrogen-bond acceptors (Lipinski definition) is 7. The second-order valence-corrected chi connectivity index (χ2v) is 11.7. The lowest BCUT2D eigenvalue weighted by Gasteiger charge is -2.20. The third kappa shape index (κ3) is 8.56. The smallest absolute Gasteiger partial charge is 0.252 e. The number of methoxy groups -OCH3 is 2. The number of nitrogens with one attached hydrogen (secondary N) is 1. The summed E-state index contributed by atoms with van der Waals surface area (Å²) in [5, 5.41) is 4.17. The first-order valence-corrected chi connectivity index (χ1v) is 15.9. The highest BCUT2D eigenvalue weighted by Crippen LogP contribution is 2.29. The summed E-state index contributed by atoms with van der Waals surface area (Å²) in [6.45, 7) is 0.719. The number of anilines is 1. The molecule has 0 aliphatic rings. The fourth-order valence-corrected chi connectivity index (χ4v) is 5.93. The largest absolute Gasteiger partial charge is 0.493 e. The molecule has 0 unspecified atom stereocenters. The van der Waals surface area contributed by atoms with Crippen LogP contribution < -0.4 is 19.7 Å². The highest BCUT2D eigenvalue weighted by atomic mass is 35.5. The first-order chi connectivity index (χ1) is 21.9. The van der Waals surface area contributed by atoms with Crippen molar-refractivity contribution < 1.29 is 14.3 Å². The summed E-state index contributed by atoms with van der Waals surface area (Å²) in [6, 6.07) is 35.0. The molecule has 0 radical (unpaired) electrons. The molecule has 7 nitrogen and oxygen atoms in total. The van der Waals surface area contributed by atoms with Crippen molar-refractivity contribution >= 4 is 35.1 Å². The lowest BCUT2D eigenvalue weighted by molar-refractivity contribution is 0.0943. The van der Waals surface area contributed by atoms with Crippen LogP contribution in [0.1, 0.15) is 38.7 Å². The molecule has 230 valence electrons. The predicted octanol–water partition coefficient (Wildman–Crippen LogP) is 7.64. The monoisotopic (exact) mass is 638 g/mol. The average molecular weight is 639 g/mol. The van der Waals surface area contributed by atoms with Gasteiger partial charge in [-0.1, -0.05) is 102 Å². The van der Waals surface area contributed by atoms with Crippen molar-refractivity contribution in [1.29, 1.82) is 0 Å². The summed E-state index contributed by atoms with van der Waals surface area (Å²) in [4.78, 5) is 24.7. The van der Waals surface area contributed by atoms with Crippen LogP contribution in [0.2, 0.25) is 5.15 Å². The van der Waals surface area contributed by atoms with Crippen molar-refractivity contribution in [1.82, 2.24) is 15.3 Å². The minimum Gasteiger partial charge on any atom is -0.493 e. The molecule has 45 heavy (non-hydrogen) atoms. The van der Waals surface area contributed by atoms with Gasteiger partial charge in [-0.05, 0) is 52.9 Å². The third-order valence-corrected chi connectivity index (χ3v) is 8.45. The Bertz CT molecular complexity index is 1680. The predicted molar refractivity (Wildman–Crippen MR) is 182 cm³/mol. The van der Waals surface area contributed by atoms with Crippen LogP contribution in [0.4, 0.5) is 5.82 Å². The van der Waals surface area contributed by atoms with Crippen LogP contribution in [0.5, 0.6) is 11.5 Å². The number of carbonyl (C=O) groups is 1. The molecule has 0 atom stereocenters. The molecule has 0 aliphatic carbocycles. The number of hydrogen-bond donors (Lipinski definition) is 1. The average Bonchev–Trinajstić information content (AvgIpc) is 3.09. The van der Waals surface area contributed by atoms with Crippen molar-refractivity contribution in [3.63, 3.8) is 0 Å². The second-order valence-electron chi connectivity index (χ2n) is 10.4. The normalized spacial score (nSPS) is 10.9. The lowest BCUT2D eigenvalue weighted by Crippen LogP contribution is -2.29. The van der Waals surface area contributed by atoms with Crippen LogP contribution >= 0.6 is 23.4 Å². The molecule has 9 heteroatoms. The number of likely N-dealkylation sites (N-methyl/N-ethyl adjacent to an activating group) is 1. The number of benzene rings is 4. The Kier molecular flexibility index (Phi) is 11.0. The summed E-state index contributed by atoms with van der Waals surface area (Å²) in [6.07, 6.45) is 0.783. The van der Waals surface area contributed by atoms with Crippen molar-refractivity contribution in [2.75, 3.05) is 32.7 Å². The Morgan fingerprint density at radius 1 is 0.822 bits per heavy atom. The van der Waals surface area contributed by atoms with Gasteiger partial charge in [0.15, 0.2) is 16.7 Å². The number of amides is 1. The van der Waals surface area contributed by atoms with E-state index in [1.54, 1.807) is 20.3 Å². The van der Waals surface area contributed by atoms with Crippen LogP contribution in [-0.2, 0) is 12.2 Å². The Morgan fingerprint density at radius 2 is 1.51 bits per heavy atom. The Hall–Kier alpha value is -4.53. The zero-order valence-electron chi connectivity index (χ0n) is 25.4. The highest BCUT2D eigenvalue weighted by molar-refractivity contribution is 7.98. The number of halogens is 1. The number of carbonyl (C=O) groups excluding carboxylic acids is 1. The number of aromatic nitrogens is 2. The number of rotatable bonds is 13. The van der Waals surface area contributed by atoms with Crippen LogP contribution in [0, 0.1) is 0 Å². The van der Waals surface area contributed by atoms with E-state index in [0.29, 0.717) is 33.1 Å². The molecule has 1 heterocycles. The zero-order chi connectivity index (χ0) is 31.6. The van der Waals surface area contributed by atoms with Gasteiger partial charge in [-0.15, -0.1) is 0 Å². The minimum atomic E-state index is -0.264. The van der Waals surface area contributed by atoms with E-state index < -0.39 is 0 Å². The maximum absolute atomic E-state index is 13.4. The molecule has 1 N–H and O–H groups in total. The molecule has 1 aromatic heterocycles. The van der Waals surface area contributed by atoms with Gasteiger partial charge in [0, 0.05) is 31.0 Å². The minimum absolute atomic E-state index is 0.142. The summed E-state index contributed by atoms with van der Waals surface area (Å²) < 4.78 is 10.8. The summed E-state index contributed by atoms with van der Waals surface area (Å²) >= 11 is 7.88. The van der Waals surface area contributed by atoms with Crippen molar-refractivity contribution in [2.45, 2.75) is 23.4 Å². The quantitative estimate of drug-likeness (QED) is 0.0807. The van der Waals surface area contributed by atoms with Gasteiger partial charge in [0.1, 0.15) is 11.0 Å². The third-order valence-electron chi connectivity index (χ3n) is 7.33. The molecule has 0 fully saturated rings. The Balaban J connectivity index is 1.23. The van der Waals surface area contributed by atoms with Gasteiger partial charge in [0.2, 0.25) is 0 Å². The molecule has 0 bridgehead atoms. The van der Waals surface area contributed by atoms with Gasteiger partial charge >= 0.3 is 0 Å². The molecule has 5 rings (SSSR count). The Morgan fingerprint density at radius 3 is 2.18 bits per heavy atom. The van der Waals surface area contributed by atoms with Crippen molar-refractivity contribution in [2.24, 2.45) is 0 Å². The molecule has 0 aliphatic heterocycles. The zero-order valence-corrected chi connectivity index (χ0v) is 27.0. The number of nitrogens with zero attached hydrogens (tertiary/aromatic N) is 3. The summed E-state index contributed by atoms with van der Waals surface area (Å²) in [5.41, 5.74) is 4.73. The fourth-order valence-electron chi connectivity index (χ4n) is 4.91. The molecule has 0 saturated heterocycles.